The maximum Gasteiger partial charge on any atom is 0.258 e. The van der Waals surface area contributed by atoms with Crippen LogP contribution >= 0.6 is 11.6 Å². The van der Waals surface area contributed by atoms with E-state index < -0.39 is 0 Å². The summed E-state index contributed by atoms with van der Waals surface area (Å²) in [5, 5.41) is 18.3. The van der Waals surface area contributed by atoms with Crippen LogP contribution in [0.5, 0.6) is 0 Å². The Balaban J connectivity index is 1.30. The summed E-state index contributed by atoms with van der Waals surface area (Å²) in [6.07, 6.45) is 6.78. The van der Waals surface area contributed by atoms with Crippen LogP contribution in [-0.2, 0) is 6.42 Å². The Morgan fingerprint density at radius 3 is 2.91 bits per heavy atom. The van der Waals surface area contributed by atoms with Crippen LogP contribution in [0.25, 0.3) is 21.8 Å². The van der Waals surface area contributed by atoms with Gasteiger partial charge < -0.3 is 15.6 Å². The molecule has 1 spiro atoms. The quantitative estimate of drug-likeness (QED) is 0.411. The fourth-order valence-corrected chi connectivity index (χ4v) is 5.19. The lowest BCUT2D eigenvalue weighted by Gasteiger charge is -2.32. The molecule has 1 saturated carbocycles. The average molecular weight is 471 g/mol. The van der Waals surface area contributed by atoms with Gasteiger partial charge in [0.2, 0.25) is 0 Å². The van der Waals surface area contributed by atoms with Crippen LogP contribution in [0.4, 0.5) is 5.69 Å². The zero-order valence-corrected chi connectivity index (χ0v) is 19.2. The normalized spacial score (nSPS) is 18.8. The van der Waals surface area contributed by atoms with Crippen LogP contribution in [0.1, 0.15) is 42.6 Å². The number of nitrogens with one attached hydrogen (secondary N) is 3. The van der Waals surface area contributed by atoms with Crippen molar-refractivity contribution >= 4 is 39.1 Å². The van der Waals surface area contributed by atoms with Gasteiger partial charge in [-0.25, -0.2) is 4.98 Å². The molecule has 3 N–H and O–H groups in total. The fourth-order valence-electron chi connectivity index (χ4n) is 4.97. The van der Waals surface area contributed by atoms with Crippen molar-refractivity contribution in [3.63, 3.8) is 0 Å². The lowest BCUT2D eigenvalue weighted by Crippen LogP contribution is -2.44. The Morgan fingerprint density at radius 2 is 2.09 bits per heavy atom. The third kappa shape index (κ3) is 4.00. The van der Waals surface area contributed by atoms with E-state index >= 15 is 0 Å². The van der Waals surface area contributed by atoms with Crippen molar-refractivity contribution in [2.45, 2.75) is 43.7 Å². The summed E-state index contributed by atoms with van der Waals surface area (Å²) in [4.78, 5) is 24.9. The van der Waals surface area contributed by atoms with Crippen LogP contribution in [0.3, 0.4) is 0 Å². The molecule has 2 aromatic carbocycles. The molecular weight excluding hydrogens is 448 g/mol. The minimum atomic E-state index is -0.215. The summed E-state index contributed by atoms with van der Waals surface area (Å²) in [6.45, 7) is 1.00. The van der Waals surface area contributed by atoms with E-state index in [4.69, 9.17) is 21.8 Å². The van der Waals surface area contributed by atoms with Crippen molar-refractivity contribution in [3.8, 4) is 6.07 Å². The van der Waals surface area contributed by atoms with Crippen molar-refractivity contribution in [3.05, 3.63) is 74.9 Å². The molecule has 2 aromatic heterocycles. The molecular formula is C26H23ClN6O. The highest BCUT2D eigenvalue weighted by Crippen LogP contribution is 2.43. The molecule has 1 aliphatic heterocycles. The Labute approximate surface area is 201 Å². The molecule has 0 amide bonds. The lowest BCUT2D eigenvalue weighted by molar-refractivity contribution is 0.360. The van der Waals surface area contributed by atoms with Gasteiger partial charge in [0, 0.05) is 29.6 Å². The third-order valence-corrected chi connectivity index (χ3v) is 7.24. The number of nitriles is 1. The van der Waals surface area contributed by atoms with Gasteiger partial charge in [0.25, 0.3) is 5.56 Å². The predicted molar refractivity (Wildman–Crippen MR) is 133 cm³/mol. The Bertz CT molecular complexity index is 1530. The molecule has 2 fully saturated rings. The molecule has 2 aliphatic rings. The van der Waals surface area contributed by atoms with E-state index in [1.165, 1.54) is 12.8 Å². The maximum absolute atomic E-state index is 12.8. The number of benzene rings is 2. The number of pyridine rings is 1. The van der Waals surface area contributed by atoms with Crippen molar-refractivity contribution in [2.24, 2.45) is 0 Å². The highest BCUT2D eigenvalue weighted by Gasteiger charge is 2.45. The summed E-state index contributed by atoms with van der Waals surface area (Å²) in [5.74, 6) is 0.558. The third-order valence-electron chi connectivity index (χ3n) is 6.92. The zero-order chi connectivity index (χ0) is 23.3. The van der Waals surface area contributed by atoms with Gasteiger partial charge in [-0.05, 0) is 74.2 Å². The molecule has 170 valence electrons. The summed E-state index contributed by atoms with van der Waals surface area (Å²) in [6, 6.07) is 13.5. The van der Waals surface area contributed by atoms with Crippen LogP contribution in [-0.4, -0.2) is 33.1 Å². The van der Waals surface area contributed by atoms with Crippen LogP contribution in [0.2, 0.25) is 5.02 Å². The van der Waals surface area contributed by atoms with Crippen LogP contribution < -0.4 is 16.2 Å². The minimum absolute atomic E-state index is 0.215. The number of aromatic nitrogens is 3. The van der Waals surface area contributed by atoms with Gasteiger partial charge in [-0.1, -0.05) is 11.6 Å². The number of hydrogen-bond donors (Lipinski definition) is 3. The molecule has 6 rings (SSSR count). The fraction of sp³-hybridized carbons (Fsp3) is 0.308. The number of nitrogens with zero attached hydrogens (tertiary/aromatic N) is 3. The molecule has 8 heteroatoms. The molecule has 7 nitrogen and oxygen atoms in total. The number of rotatable bonds is 4. The van der Waals surface area contributed by atoms with Crippen LogP contribution in [0.15, 0.2) is 47.4 Å². The second-order valence-corrected chi connectivity index (χ2v) is 9.85. The smallest absolute Gasteiger partial charge is 0.258 e. The monoisotopic (exact) mass is 470 g/mol. The number of piperidine rings is 1. The van der Waals surface area contributed by atoms with Gasteiger partial charge in [0.15, 0.2) is 0 Å². The lowest BCUT2D eigenvalue weighted by atomic mass is 9.97. The standard InChI is InChI=1S/C26H23ClN6O/c27-20-10-19-22(11-23(20)31-18-3-6-30-26(12-18)4-5-26)32-24(33-25(19)34)9-16-8-17-7-15(13-28)1-2-21(17)29-14-16/h1-2,7-8,10-11,14,18,30-31H,3-6,9,12H2,(H,32,33,34). The maximum atomic E-state index is 12.8. The molecule has 3 heterocycles. The van der Waals surface area contributed by atoms with E-state index in [1.807, 2.05) is 24.3 Å². The minimum Gasteiger partial charge on any atom is -0.381 e. The van der Waals surface area contributed by atoms with Gasteiger partial charge in [-0.15, -0.1) is 0 Å². The molecule has 34 heavy (non-hydrogen) atoms. The largest absolute Gasteiger partial charge is 0.381 e. The second kappa shape index (κ2) is 8.08. The summed E-state index contributed by atoms with van der Waals surface area (Å²) >= 11 is 6.54. The van der Waals surface area contributed by atoms with Crippen LogP contribution in [0, 0.1) is 11.3 Å². The zero-order valence-electron chi connectivity index (χ0n) is 18.5. The number of halogens is 1. The summed E-state index contributed by atoms with van der Waals surface area (Å²) < 4.78 is 0. The average Bonchev–Trinajstić information content (AvgIpc) is 3.57. The first kappa shape index (κ1) is 21.1. The highest BCUT2D eigenvalue weighted by molar-refractivity contribution is 6.34. The number of anilines is 1. The predicted octanol–water partition coefficient (Wildman–Crippen LogP) is 4.28. The van der Waals surface area contributed by atoms with E-state index in [0.29, 0.717) is 45.3 Å². The Morgan fingerprint density at radius 1 is 1.21 bits per heavy atom. The van der Waals surface area contributed by atoms with E-state index in [9.17, 15) is 4.79 Å². The Hall–Kier alpha value is -3.47. The molecule has 1 atom stereocenters. The van der Waals surface area contributed by atoms with Gasteiger partial charge >= 0.3 is 0 Å². The van der Waals surface area contributed by atoms with E-state index in [2.05, 4.69) is 26.7 Å². The number of aromatic amines is 1. The highest BCUT2D eigenvalue weighted by atomic mass is 35.5. The first-order valence-corrected chi connectivity index (χ1v) is 11.9. The first-order chi connectivity index (χ1) is 16.5. The van der Waals surface area contributed by atoms with Gasteiger partial charge in [-0.3, -0.25) is 9.78 Å². The first-order valence-electron chi connectivity index (χ1n) is 11.5. The molecule has 1 aliphatic carbocycles. The number of fused-ring (bicyclic) bond motifs is 2. The second-order valence-electron chi connectivity index (χ2n) is 9.44. The van der Waals surface area contributed by atoms with E-state index in [1.54, 1.807) is 18.3 Å². The topological polar surface area (TPSA) is 106 Å². The number of hydrogen-bond acceptors (Lipinski definition) is 6. The SMILES string of the molecule is N#Cc1ccc2ncc(Cc3nc4cc(NC5CCNC6(CC6)C5)c(Cl)cc4c(=O)[nH]3)cc2c1. The molecule has 1 unspecified atom stereocenters. The van der Waals surface area contributed by atoms with Crippen molar-refractivity contribution in [1.29, 1.82) is 5.26 Å². The van der Waals surface area contributed by atoms with Gasteiger partial charge in [-0.2, -0.15) is 5.26 Å². The van der Waals surface area contributed by atoms with Gasteiger partial charge in [0.1, 0.15) is 5.82 Å². The number of H-pyrrole nitrogens is 1. The van der Waals surface area contributed by atoms with E-state index in [-0.39, 0.29) is 5.56 Å². The van der Waals surface area contributed by atoms with Crippen molar-refractivity contribution in [1.82, 2.24) is 20.3 Å². The van der Waals surface area contributed by atoms with Gasteiger partial charge in [0.05, 0.1) is 38.8 Å². The summed E-state index contributed by atoms with van der Waals surface area (Å²) in [5.41, 5.74) is 3.83. The van der Waals surface area contributed by atoms with E-state index in [0.717, 1.165) is 41.5 Å². The molecule has 0 bridgehead atoms. The summed E-state index contributed by atoms with van der Waals surface area (Å²) in [7, 11) is 0. The molecule has 4 aromatic rings. The molecule has 1 saturated heterocycles. The molecule has 0 radical (unpaired) electrons. The van der Waals surface area contributed by atoms with Crippen molar-refractivity contribution in [2.75, 3.05) is 11.9 Å². The Kier molecular flexibility index (Phi) is 5.01. The van der Waals surface area contributed by atoms with Crippen molar-refractivity contribution < 1.29 is 0 Å².